The third kappa shape index (κ3) is 4.51. The van der Waals surface area contributed by atoms with E-state index in [1.54, 1.807) is 12.1 Å². The first-order valence-electron chi connectivity index (χ1n) is 7.02. The quantitative estimate of drug-likeness (QED) is 0.800. The maximum absolute atomic E-state index is 12.4. The van der Waals surface area contributed by atoms with Gasteiger partial charge in [0.05, 0.1) is 25.7 Å². The minimum Gasteiger partial charge on any atom is -0.481 e. The van der Waals surface area contributed by atoms with Crippen molar-refractivity contribution in [2.24, 2.45) is 0 Å². The number of hydrogen-bond acceptors (Lipinski definition) is 4. The molecular weight excluding hydrogens is 308 g/mol. The van der Waals surface area contributed by atoms with Crippen LogP contribution >= 0.6 is 0 Å². The Bertz CT molecular complexity index is 609. The van der Waals surface area contributed by atoms with Gasteiger partial charge in [0.15, 0.2) is 0 Å². The fourth-order valence-electron chi connectivity index (χ4n) is 2.24. The Balaban J connectivity index is 2.18. The summed E-state index contributed by atoms with van der Waals surface area (Å²) in [6.45, 7) is 3.13. The Morgan fingerprint density at radius 2 is 1.91 bits per heavy atom. The van der Waals surface area contributed by atoms with Gasteiger partial charge < -0.3 is 9.84 Å². The van der Waals surface area contributed by atoms with Crippen molar-refractivity contribution in [2.45, 2.75) is 19.4 Å². The predicted molar refractivity (Wildman–Crippen MR) is 80.6 cm³/mol. The number of rotatable bonds is 6. The van der Waals surface area contributed by atoms with E-state index in [0.29, 0.717) is 18.8 Å². The van der Waals surface area contributed by atoms with E-state index < -0.39 is 22.2 Å². The first kappa shape index (κ1) is 16.9. The number of aryl methyl sites for hydroxylation is 1. The molecule has 1 fully saturated rings. The van der Waals surface area contributed by atoms with Gasteiger partial charge in [0, 0.05) is 13.1 Å². The molecule has 0 spiro atoms. The Labute approximate surface area is 130 Å². The van der Waals surface area contributed by atoms with Crippen molar-refractivity contribution in [2.75, 3.05) is 26.3 Å². The fourth-order valence-corrected chi connectivity index (χ4v) is 3.60. The Hall–Kier alpha value is -1.48. The molecule has 0 unspecified atom stereocenters. The summed E-state index contributed by atoms with van der Waals surface area (Å²) in [6.07, 6.45) is -0.313. The van der Waals surface area contributed by atoms with Crippen LogP contribution < -0.4 is 4.72 Å². The molecule has 1 heterocycles. The average Bonchev–Trinajstić information content (AvgIpc) is 2.47. The zero-order valence-corrected chi connectivity index (χ0v) is 13.2. The molecule has 1 aromatic carbocycles. The molecule has 0 radical (unpaired) electrons. The Kier molecular flexibility index (Phi) is 5.52. The van der Waals surface area contributed by atoms with Crippen LogP contribution in [0.1, 0.15) is 23.6 Å². The van der Waals surface area contributed by atoms with Crippen LogP contribution in [0.2, 0.25) is 0 Å². The van der Waals surface area contributed by atoms with Gasteiger partial charge in [-0.15, -0.1) is 0 Å². The van der Waals surface area contributed by atoms with Crippen LogP contribution in [0.25, 0.3) is 0 Å². The number of nitrogens with zero attached hydrogens (tertiary/aromatic N) is 1. The molecule has 1 aliphatic heterocycles. The Morgan fingerprint density at radius 1 is 1.32 bits per heavy atom. The summed E-state index contributed by atoms with van der Waals surface area (Å²) in [4.78, 5) is 11.0. The third-order valence-electron chi connectivity index (χ3n) is 3.46. The van der Waals surface area contributed by atoms with Crippen LogP contribution in [0.4, 0.5) is 0 Å². The third-order valence-corrected chi connectivity index (χ3v) is 5.09. The molecule has 1 aromatic rings. The second-order valence-electron chi connectivity index (χ2n) is 5.20. The summed E-state index contributed by atoms with van der Waals surface area (Å²) in [6, 6.07) is 6.33. The predicted octanol–water partition coefficient (Wildman–Crippen LogP) is 0.677. The highest BCUT2D eigenvalue weighted by molar-refractivity contribution is 7.87. The van der Waals surface area contributed by atoms with E-state index in [-0.39, 0.29) is 19.5 Å². The summed E-state index contributed by atoms with van der Waals surface area (Å²) in [5, 5.41) is 9.04. The molecule has 0 bridgehead atoms. The number of carboxylic acids is 1. The lowest BCUT2D eigenvalue weighted by molar-refractivity contribution is -0.137. The molecule has 22 heavy (non-hydrogen) atoms. The molecule has 7 nitrogen and oxygen atoms in total. The summed E-state index contributed by atoms with van der Waals surface area (Å²) < 4.78 is 33.7. The highest BCUT2D eigenvalue weighted by Crippen LogP contribution is 2.20. The van der Waals surface area contributed by atoms with Crippen molar-refractivity contribution < 1.29 is 23.1 Å². The zero-order valence-electron chi connectivity index (χ0n) is 12.4. The van der Waals surface area contributed by atoms with Gasteiger partial charge in [-0.25, -0.2) is 0 Å². The highest BCUT2D eigenvalue weighted by atomic mass is 32.2. The highest BCUT2D eigenvalue weighted by Gasteiger charge is 2.28. The molecule has 0 saturated carbocycles. The van der Waals surface area contributed by atoms with Crippen LogP contribution in [0.5, 0.6) is 0 Å². The molecule has 1 saturated heterocycles. The first-order valence-corrected chi connectivity index (χ1v) is 8.46. The molecule has 0 aliphatic carbocycles. The van der Waals surface area contributed by atoms with Crippen molar-refractivity contribution in [1.82, 2.24) is 9.03 Å². The fraction of sp³-hybridized carbons (Fsp3) is 0.500. The smallest absolute Gasteiger partial charge is 0.305 e. The summed E-state index contributed by atoms with van der Waals surface area (Å²) in [7, 11) is -3.75. The number of aliphatic carboxylic acids is 1. The van der Waals surface area contributed by atoms with Crippen molar-refractivity contribution in [3.8, 4) is 0 Å². The molecule has 2 N–H and O–H groups in total. The van der Waals surface area contributed by atoms with Gasteiger partial charge in [-0.2, -0.15) is 17.4 Å². The second kappa shape index (κ2) is 7.19. The van der Waals surface area contributed by atoms with E-state index in [4.69, 9.17) is 9.84 Å². The summed E-state index contributed by atoms with van der Waals surface area (Å²) in [5.41, 5.74) is 1.65. The largest absolute Gasteiger partial charge is 0.481 e. The standard InChI is InChI=1S/C14H20N2O5S/c1-11-2-4-12(5-3-11)13(10-14(17)18)15-22(19,20)16-6-8-21-9-7-16/h2-5,13,15H,6-10H2,1H3,(H,17,18)/t13-/m0/s1. The van der Waals surface area contributed by atoms with Crippen molar-refractivity contribution in [3.63, 3.8) is 0 Å². The van der Waals surface area contributed by atoms with Gasteiger partial charge in [0.2, 0.25) is 0 Å². The lowest BCUT2D eigenvalue weighted by atomic mass is 10.0. The van der Waals surface area contributed by atoms with Gasteiger partial charge in [-0.05, 0) is 12.5 Å². The topological polar surface area (TPSA) is 95.9 Å². The SMILES string of the molecule is Cc1ccc([C@H](CC(=O)O)NS(=O)(=O)N2CCOCC2)cc1. The second-order valence-corrected chi connectivity index (χ2v) is 6.90. The summed E-state index contributed by atoms with van der Waals surface area (Å²) in [5.74, 6) is -1.06. The molecule has 1 atom stereocenters. The van der Waals surface area contributed by atoms with Gasteiger partial charge in [-0.1, -0.05) is 29.8 Å². The number of benzene rings is 1. The van der Waals surface area contributed by atoms with Crippen molar-refractivity contribution in [1.29, 1.82) is 0 Å². The molecule has 0 amide bonds. The number of carboxylic acid groups (broad SMARTS) is 1. The number of nitrogens with one attached hydrogen (secondary N) is 1. The van der Waals surface area contributed by atoms with E-state index >= 15 is 0 Å². The number of morpholine rings is 1. The number of hydrogen-bond donors (Lipinski definition) is 2. The van der Waals surface area contributed by atoms with Gasteiger partial charge in [0.25, 0.3) is 10.2 Å². The number of ether oxygens (including phenoxy) is 1. The van der Waals surface area contributed by atoms with Crippen LogP contribution in [0.15, 0.2) is 24.3 Å². The van der Waals surface area contributed by atoms with Crippen molar-refractivity contribution in [3.05, 3.63) is 35.4 Å². The minimum atomic E-state index is -3.75. The molecule has 122 valence electrons. The molecule has 8 heteroatoms. The molecule has 1 aliphatic rings. The molecular formula is C14H20N2O5S. The average molecular weight is 328 g/mol. The molecule has 0 aromatic heterocycles. The van der Waals surface area contributed by atoms with Gasteiger partial charge in [0.1, 0.15) is 0 Å². The van der Waals surface area contributed by atoms with Crippen molar-refractivity contribution >= 4 is 16.2 Å². The van der Waals surface area contributed by atoms with E-state index in [1.807, 2.05) is 19.1 Å². The first-order chi connectivity index (χ1) is 10.4. The summed E-state index contributed by atoms with van der Waals surface area (Å²) >= 11 is 0. The Morgan fingerprint density at radius 3 is 2.45 bits per heavy atom. The monoisotopic (exact) mass is 328 g/mol. The normalized spacial score (nSPS) is 18.0. The van der Waals surface area contributed by atoms with Gasteiger partial charge >= 0.3 is 5.97 Å². The van der Waals surface area contributed by atoms with E-state index in [9.17, 15) is 13.2 Å². The van der Waals surface area contributed by atoms with Crippen LogP contribution in [0, 0.1) is 6.92 Å². The van der Waals surface area contributed by atoms with Crippen LogP contribution in [-0.2, 0) is 19.7 Å². The zero-order chi connectivity index (χ0) is 16.2. The maximum atomic E-state index is 12.4. The maximum Gasteiger partial charge on any atom is 0.305 e. The van der Waals surface area contributed by atoms with Crippen LogP contribution in [-0.4, -0.2) is 50.1 Å². The van der Waals surface area contributed by atoms with E-state index in [0.717, 1.165) is 5.56 Å². The lowest BCUT2D eigenvalue weighted by Crippen LogP contribution is -2.47. The number of carbonyl (C=O) groups is 1. The van der Waals surface area contributed by atoms with Crippen LogP contribution in [0.3, 0.4) is 0 Å². The van der Waals surface area contributed by atoms with Gasteiger partial charge in [-0.3, -0.25) is 4.79 Å². The van der Waals surface area contributed by atoms with E-state index in [2.05, 4.69) is 4.72 Å². The van der Waals surface area contributed by atoms with E-state index in [1.165, 1.54) is 4.31 Å². The minimum absolute atomic E-state index is 0.267. The molecule has 2 rings (SSSR count). The lowest BCUT2D eigenvalue weighted by Gasteiger charge is -2.28.